The van der Waals surface area contributed by atoms with E-state index in [1.807, 2.05) is 11.8 Å². The van der Waals surface area contributed by atoms with E-state index in [0.29, 0.717) is 12.2 Å². The highest BCUT2D eigenvalue weighted by atomic mass is 32.2. The molecule has 0 spiro atoms. The Morgan fingerprint density at radius 1 is 1.37 bits per heavy atom. The maximum absolute atomic E-state index is 11.2. The maximum Gasteiger partial charge on any atom is 0.265 e. The Morgan fingerprint density at radius 2 is 2.05 bits per heavy atom. The average molecular weight is 283 g/mol. The monoisotopic (exact) mass is 283 g/mol. The molecule has 1 amide bonds. The molecule has 0 saturated heterocycles. The van der Waals surface area contributed by atoms with Crippen LogP contribution < -0.4 is 16.0 Å². The van der Waals surface area contributed by atoms with E-state index in [4.69, 9.17) is 10.6 Å². The molecule has 19 heavy (non-hydrogen) atoms. The van der Waals surface area contributed by atoms with Crippen LogP contribution >= 0.6 is 11.8 Å². The molecule has 1 aromatic carbocycles. The number of nitrogens with two attached hydrogens (primary N) is 1. The number of hydrazine groups is 1. The number of nitrogen functional groups attached to an aromatic ring is 1. The van der Waals surface area contributed by atoms with Gasteiger partial charge in [0.25, 0.3) is 5.91 Å². The first-order chi connectivity index (χ1) is 9.17. The van der Waals surface area contributed by atoms with Crippen molar-refractivity contribution in [2.24, 2.45) is 5.84 Å². The fourth-order valence-corrected chi connectivity index (χ4v) is 1.96. The third-order valence-electron chi connectivity index (χ3n) is 2.67. The molecular formula is C13H21N3O2S. The number of nitrogens with one attached hydrogen (secondary N) is 1. The van der Waals surface area contributed by atoms with Gasteiger partial charge in [0.1, 0.15) is 12.4 Å². The number of hydrogen-bond donors (Lipinski definition) is 2. The molecule has 5 nitrogen and oxygen atoms in total. The van der Waals surface area contributed by atoms with Gasteiger partial charge in [-0.15, -0.1) is 0 Å². The molecule has 6 heteroatoms. The summed E-state index contributed by atoms with van der Waals surface area (Å²) in [6.45, 7) is 2.57. The van der Waals surface area contributed by atoms with Gasteiger partial charge in [0.05, 0.1) is 0 Å². The number of thioether (sulfide) groups is 1. The van der Waals surface area contributed by atoms with Crippen molar-refractivity contribution in [2.45, 2.75) is 0 Å². The van der Waals surface area contributed by atoms with Crippen LogP contribution in [0.15, 0.2) is 24.3 Å². The lowest BCUT2D eigenvalue weighted by atomic mass is 10.2. The highest BCUT2D eigenvalue weighted by molar-refractivity contribution is 7.98. The summed E-state index contributed by atoms with van der Waals surface area (Å²) in [7, 11) is 2.08. The summed E-state index contributed by atoms with van der Waals surface area (Å²) in [5.74, 6) is 6.64. The number of benzene rings is 1. The Balaban J connectivity index is 2.32. The molecule has 0 fully saturated rings. The van der Waals surface area contributed by atoms with Crippen LogP contribution in [0.25, 0.3) is 0 Å². The van der Waals surface area contributed by atoms with E-state index in [1.54, 1.807) is 24.3 Å². The predicted octanol–water partition coefficient (Wildman–Crippen LogP) is 0.964. The average Bonchev–Trinajstić information content (AvgIpc) is 2.45. The zero-order valence-electron chi connectivity index (χ0n) is 11.4. The van der Waals surface area contributed by atoms with Crippen LogP contribution in [-0.4, -0.2) is 49.6 Å². The largest absolute Gasteiger partial charge is 0.492 e. The Bertz CT molecular complexity index is 384. The third-order valence-corrected chi connectivity index (χ3v) is 3.26. The number of nitrogens with zero attached hydrogens (tertiary/aromatic N) is 1. The van der Waals surface area contributed by atoms with E-state index in [9.17, 15) is 4.79 Å². The number of carbonyl (C=O) groups is 1. The van der Waals surface area contributed by atoms with Crippen molar-refractivity contribution in [1.82, 2.24) is 10.3 Å². The normalized spacial score (nSPS) is 10.5. The zero-order chi connectivity index (χ0) is 14.1. The zero-order valence-corrected chi connectivity index (χ0v) is 12.2. The van der Waals surface area contributed by atoms with Gasteiger partial charge in [-0.25, -0.2) is 5.84 Å². The van der Waals surface area contributed by atoms with Crippen LogP contribution in [0.3, 0.4) is 0 Å². The van der Waals surface area contributed by atoms with Gasteiger partial charge in [-0.2, -0.15) is 11.8 Å². The van der Waals surface area contributed by atoms with E-state index in [-0.39, 0.29) is 5.91 Å². The van der Waals surface area contributed by atoms with Gasteiger partial charge in [-0.05, 0) is 37.6 Å². The second-order valence-electron chi connectivity index (χ2n) is 4.14. The minimum absolute atomic E-state index is 0.302. The van der Waals surface area contributed by atoms with Crippen molar-refractivity contribution in [1.29, 1.82) is 0 Å². The van der Waals surface area contributed by atoms with E-state index in [2.05, 4.69) is 23.6 Å². The SMILES string of the molecule is CSCCN(C)CCOc1ccc(C(=O)NN)cc1. The first-order valence-electron chi connectivity index (χ1n) is 6.08. The molecule has 0 aliphatic carbocycles. The first-order valence-corrected chi connectivity index (χ1v) is 7.48. The maximum atomic E-state index is 11.2. The summed E-state index contributed by atoms with van der Waals surface area (Å²) < 4.78 is 5.61. The number of amides is 1. The van der Waals surface area contributed by atoms with Crippen LogP contribution in [0.2, 0.25) is 0 Å². The summed E-state index contributed by atoms with van der Waals surface area (Å²) in [6.07, 6.45) is 2.10. The smallest absolute Gasteiger partial charge is 0.265 e. The van der Waals surface area contributed by atoms with Gasteiger partial charge in [0, 0.05) is 24.4 Å². The molecule has 0 aliphatic rings. The van der Waals surface area contributed by atoms with Gasteiger partial charge >= 0.3 is 0 Å². The quantitative estimate of drug-likeness (QED) is 0.423. The van der Waals surface area contributed by atoms with Gasteiger partial charge in [-0.3, -0.25) is 10.2 Å². The molecule has 0 saturated carbocycles. The van der Waals surface area contributed by atoms with Gasteiger partial charge in [-0.1, -0.05) is 0 Å². The molecule has 106 valence electrons. The minimum Gasteiger partial charge on any atom is -0.492 e. The number of hydrogen-bond acceptors (Lipinski definition) is 5. The number of rotatable bonds is 8. The molecule has 1 rings (SSSR count). The fraction of sp³-hybridized carbons (Fsp3) is 0.462. The standard InChI is InChI=1S/C13H21N3O2S/c1-16(8-10-19-2)7-9-18-12-5-3-11(4-6-12)13(17)15-14/h3-6H,7-10,14H2,1-2H3,(H,15,17). The van der Waals surface area contributed by atoms with Crippen molar-refractivity contribution < 1.29 is 9.53 Å². The summed E-state index contributed by atoms with van der Waals surface area (Å²) >= 11 is 1.84. The molecule has 0 radical (unpaired) electrons. The molecule has 1 aromatic rings. The van der Waals surface area contributed by atoms with E-state index in [0.717, 1.165) is 24.6 Å². The summed E-state index contributed by atoms with van der Waals surface area (Å²) in [6, 6.07) is 6.92. The third kappa shape index (κ3) is 5.96. The second-order valence-corrected chi connectivity index (χ2v) is 5.13. The van der Waals surface area contributed by atoms with E-state index in [1.165, 1.54) is 0 Å². The van der Waals surface area contributed by atoms with Crippen molar-refractivity contribution in [3.05, 3.63) is 29.8 Å². The van der Waals surface area contributed by atoms with Crippen LogP contribution in [0, 0.1) is 0 Å². The molecule has 0 aromatic heterocycles. The van der Waals surface area contributed by atoms with Crippen molar-refractivity contribution in [3.63, 3.8) is 0 Å². The molecule has 3 N–H and O–H groups in total. The lowest BCUT2D eigenvalue weighted by molar-refractivity contribution is 0.0953. The van der Waals surface area contributed by atoms with Crippen LogP contribution in [0.4, 0.5) is 0 Å². The Hall–Kier alpha value is -1.24. The molecule has 0 heterocycles. The minimum atomic E-state index is -0.302. The van der Waals surface area contributed by atoms with E-state index >= 15 is 0 Å². The topological polar surface area (TPSA) is 67.6 Å². The Kier molecular flexibility index (Phi) is 7.32. The fourth-order valence-electron chi connectivity index (χ4n) is 1.46. The highest BCUT2D eigenvalue weighted by Gasteiger charge is 2.03. The number of carbonyl (C=O) groups excluding carboxylic acids is 1. The van der Waals surface area contributed by atoms with Crippen molar-refractivity contribution in [3.8, 4) is 5.75 Å². The molecule has 0 unspecified atom stereocenters. The summed E-state index contributed by atoms with van der Waals surface area (Å²) in [5.41, 5.74) is 2.61. The van der Waals surface area contributed by atoms with E-state index < -0.39 is 0 Å². The number of likely N-dealkylation sites (N-methyl/N-ethyl adjacent to an activating group) is 1. The van der Waals surface area contributed by atoms with Crippen LogP contribution in [0.5, 0.6) is 5.75 Å². The van der Waals surface area contributed by atoms with Crippen molar-refractivity contribution in [2.75, 3.05) is 38.8 Å². The second kappa shape index (κ2) is 8.79. The molecular weight excluding hydrogens is 262 g/mol. The van der Waals surface area contributed by atoms with Crippen LogP contribution in [-0.2, 0) is 0 Å². The predicted molar refractivity (Wildman–Crippen MR) is 79.5 cm³/mol. The molecule has 0 aliphatic heterocycles. The molecule has 0 bridgehead atoms. The van der Waals surface area contributed by atoms with Crippen molar-refractivity contribution >= 4 is 17.7 Å². The van der Waals surface area contributed by atoms with Gasteiger partial charge in [0.2, 0.25) is 0 Å². The van der Waals surface area contributed by atoms with Crippen LogP contribution in [0.1, 0.15) is 10.4 Å². The van der Waals surface area contributed by atoms with Gasteiger partial charge in [0.15, 0.2) is 0 Å². The summed E-state index contributed by atoms with van der Waals surface area (Å²) in [5, 5.41) is 0. The lowest BCUT2D eigenvalue weighted by Gasteiger charge is -2.16. The Labute approximate surface area is 118 Å². The lowest BCUT2D eigenvalue weighted by Crippen LogP contribution is -2.29. The highest BCUT2D eigenvalue weighted by Crippen LogP contribution is 2.11. The first kappa shape index (κ1) is 15.8. The molecule has 0 atom stereocenters. The number of ether oxygens (including phenoxy) is 1. The summed E-state index contributed by atoms with van der Waals surface area (Å²) in [4.78, 5) is 13.5. The Morgan fingerprint density at radius 3 is 2.63 bits per heavy atom. The van der Waals surface area contributed by atoms with Gasteiger partial charge < -0.3 is 9.64 Å².